The summed E-state index contributed by atoms with van der Waals surface area (Å²) in [5.74, 6) is 0. The summed E-state index contributed by atoms with van der Waals surface area (Å²) >= 11 is 0. The number of benzene rings is 1. The molecule has 0 amide bonds. The zero-order valence-electron chi connectivity index (χ0n) is 12.5. The van der Waals surface area contributed by atoms with Crippen LogP contribution in [0.25, 0.3) is 0 Å². The summed E-state index contributed by atoms with van der Waals surface area (Å²) in [6, 6.07) is 10.5. The van der Waals surface area contributed by atoms with E-state index in [1.54, 1.807) is 0 Å². The van der Waals surface area contributed by atoms with Crippen molar-refractivity contribution in [3.63, 3.8) is 0 Å². The van der Waals surface area contributed by atoms with Crippen molar-refractivity contribution in [1.82, 2.24) is 5.32 Å². The van der Waals surface area contributed by atoms with Crippen LogP contribution in [0.4, 0.5) is 5.69 Å². The number of anilines is 1. The molecule has 1 N–H and O–H groups in total. The number of ether oxygens (including phenoxy) is 1. The van der Waals surface area contributed by atoms with E-state index < -0.39 is 5.54 Å². The van der Waals surface area contributed by atoms with Crippen LogP contribution in [0.2, 0.25) is 0 Å². The number of hydrogen-bond acceptors (Lipinski definition) is 4. The number of nitriles is 1. The van der Waals surface area contributed by atoms with Crippen molar-refractivity contribution in [1.29, 1.82) is 5.26 Å². The lowest BCUT2D eigenvalue weighted by Gasteiger charge is -2.26. The van der Waals surface area contributed by atoms with Gasteiger partial charge in [0.15, 0.2) is 0 Å². The van der Waals surface area contributed by atoms with E-state index in [-0.39, 0.29) is 6.10 Å². The predicted octanol–water partition coefficient (Wildman–Crippen LogP) is 2.26. The third-order valence-corrected chi connectivity index (χ3v) is 3.89. The molecule has 1 fully saturated rings. The molecule has 2 rings (SSSR count). The van der Waals surface area contributed by atoms with E-state index in [0.717, 1.165) is 37.2 Å². The Morgan fingerprint density at radius 2 is 2.10 bits per heavy atom. The normalized spacial score (nSPS) is 21.2. The molecule has 2 unspecified atom stereocenters. The lowest BCUT2D eigenvalue weighted by Crippen LogP contribution is -2.42. The molecule has 0 aromatic heterocycles. The highest BCUT2D eigenvalue weighted by Gasteiger charge is 2.28. The van der Waals surface area contributed by atoms with Crippen molar-refractivity contribution < 1.29 is 4.74 Å². The topological polar surface area (TPSA) is 48.3 Å². The van der Waals surface area contributed by atoms with Gasteiger partial charge in [-0.15, -0.1) is 0 Å². The van der Waals surface area contributed by atoms with Gasteiger partial charge in [-0.2, -0.15) is 5.26 Å². The smallest absolute Gasteiger partial charge is 0.129 e. The zero-order chi connectivity index (χ0) is 14.6. The van der Waals surface area contributed by atoms with Crippen LogP contribution in [-0.2, 0) is 10.3 Å². The third kappa shape index (κ3) is 3.30. The van der Waals surface area contributed by atoms with Gasteiger partial charge in [-0.3, -0.25) is 5.32 Å². The molecule has 0 bridgehead atoms. The van der Waals surface area contributed by atoms with Crippen LogP contribution in [-0.4, -0.2) is 33.4 Å². The monoisotopic (exact) mass is 273 g/mol. The number of hydrogen-bond donors (Lipinski definition) is 1. The van der Waals surface area contributed by atoms with Gasteiger partial charge in [-0.25, -0.2) is 0 Å². The first-order valence-corrected chi connectivity index (χ1v) is 7.11. The minimum atomic E-state index is -0.670. The maximum Gasteiger partial charge on any atom is 0.129 e. The van der Waals surface area contributed by atoms with E-state index in [1.165, 1.54) is 0 Å². The SMILES string of the molecule is CN(C)c1ccc(C(C)(C#N)NCC2CCCO2)cc1. The summed E-state index contributed by atoms with van der Waals surface area (Å²) in [6.45, 7) is 3.49. The highest BCUT2D eigenvalue weighted by Crippen LogP contribution is 2.23. The van der Waals surface area contributed by atoms with Crippen molar-refractivity contribution in [2.24, 2.45) is 0 Å². The van der Waals surface area contributed by atoms with Crippen LogP contribution >= 0.6 is 0 Å². The van der Waals surface area contributed by atoms with Gasteiger partial charge < -0.3 is 9.64 Å². The Morgan fingerprint density at radius 1 is 1.40 bits per heavy atom. The summed E-state index contributed by atoms with van der Waals surface area (Å²) in [5, 5.41) is 12.9. The average molecular weight is 273 g/mol. The second-order valence-electron chi connectivity index (χ2n) is 5.69. The Bertz CT molecular complexity index is 471. The largest absolute Gasteiger partial charge is 0.378 e. The molecule has 0 aliphatic carbocycles. The fraction of sp³-hybridized carbons (Fsp3) is 0.562. The molecule has 1 aliphatic heterocycles. The Morgan fingerprint density at radius 3 is 2.60 bits per heavy atom. The van der Waals surface area contributed by atoms with Gasteiger partial charge in [-0.05, 0) is 37.5 Å². The number of rotatable bonds is 5. The van der Waals surface area contributed by atoms with Crippen molar-refractivity contribution >= 4 is 5.69 Å². The van der Waals surface area contributed by atoms with E-state index in [1.807, 2.05) is 50.2 Å². The van der Waals surface area contributed by atoms with E-state index in [9.17, 15) is 5.26 Å². The first-order valence-electron chi connectivity index (χ1n) is 7.11. The van der Waals surface area contributed by atoms with E-state index >= 15 is 0 Å². The van der Waals surface area contributed by atoms with Crippen LogP contribution in [0.5, 0.6) is 0 Å². The minimum absolute atomic E-state index is 0.240. The molecule has 2 atom stereocenters. The second kappa shape index (κ2) is 6.25. The molecule has 1 aliphatic rings. The molecule has 1 heterocycles. The molecule has 4 heteroatoms. The fourth-order valence-electron chi connectivity index (χ4n) is 2.42. The summed E-state index contributed by atoms with van der Waals surface area (Å²) in [5.41, 5.74) is 1.45. The zero-order valence-corrected chi connectivity index (χ0v) is 12.5. The number of nitrogens with zero attached hydrogens (tertiary/aromatic N) is 2. The van der Waals surface area contributed by atoms with Crippen LogP contribution in [0.3, 0.4) is 0 Å². The maximum absolute atomic E-state index is 9.53. The molecule has 0 radical (unpaired) electrons. The molecule has 20 heavy (non-hydrogen) atoms. The molecule has 1 aromatic rings. The predicted molar refractivity (Wildman–Crippen MR) is 80.7 cm³/mol. The third-order valence-electron chi connectivity index (χ3n) is 3.89. The van der Waals surface area contributed by atoms with E-state index in [2.05, 4.69) is 11.4 Å². The Kier molecular flexibility index (Phi) is 4.64. The van der Waals surface area contributed by atoms with Gasteiger partial charge in [0.05, 0.1) is 12.2 Å². The van der Waals surface area contributed by atoms with E-state index in [4.69, 9.17) is 4.74 Å². The van der Waals surface area contributed by atoms with Crippen LogP contribution in [0, 0.1) is 11.3 Å². The minimum Gasteiger partial charge on any atom is -0.378 e. The second-order valence-corrected chi connectivity index (χ2v) is 5.69. The summed E-state index contributed by atoms with van der Waals surface area (Å²) < 4.78 is 5.60. The average Bonchev–Trinajstić information content (AvgIpc) is 2.98. The van der Waals surface area contributed by atoms with Crippen LogP contribution < -0.4 is 10.2 Å². The summed E-state index contributed by atoms with van der Waals surface area (Å²) in [6.07, 6.45) is 2.44. The van der Waals surface area contributed by atoms with Gasteiger partial charge in [0.25, 0.3) is 0 Å². The number of nitrogens with one attached hydrogen (secondary N) is 1. The summed E-state index contributed by atoms with van der Waals surface area (Å²) in [4.78, 5) is 2.05. The standard InChI is InChI=1S/C16H23N3O/c1-16(12-17,18-11-15-5-4-10-20-15)13-6-8-14(9-7-13)19(2)3/h6-9,15,18H,4-5,10-11H2,1-3H3. The molecular formula is C16H23N3O. The Hall–Kier alpha value is -1.57. The van der Waals surface area contributed by atoms with Gasteiger partial charge in [0, 0.05) is 32.9 Å². The maximum atomic E-state index is 9.53. The molecule has 1 saturated heterocycles. The van der Waals surface area contributed by atoms with Crippen molar-refractivity contribution in [2.45, 2.75) is 31.4 Å². The molecular weight excluding hydrogens is 250 g/mol. The highest BCUT2D eigenvalue weighted by atomic mass is 16.5. The molecule has 108 valence electrons. The lowest BCUT2D eigenvalue weighted by molar-refractivity contribution is 0.105. The van der Waals surface area contributed by atoms with Crippen molar-refractivity contribution in [3.8, 4) is 6.07 Å². The van der Waals surface area contributed by atoms with Gasteiger partial charge in [0.2, 0.25) is 0 Å². The Labute approximate surface area is 121 Å². The van der Waals surface area contributed by atoms with Crippen LogP contribution in [0.15, 0.2) is 24.3 Å². The highest BCUT2D eigenvalue weighted by molar-refractivity contribution is 5.48. The van der Waals surface area contributed by atoms with Crippen LogP contribution in [0.1, 0.15) is 25.3 Å². The van der Waals surface area contributed by atoms with Gasteiger partial charge >= 0.3 is 0 Å². The van der Waals surface area contributed by atoms with Crippen molar-refractivity contribution in [2.75, 3.05) is 32.1 Å². The molecule has 0 saturated carbocycles. The van der Waals surface area contributed by atoms with E-state index in [0.29, 0.717) is 0 Å². The molecule has 0 spiro atoms. The van der Waals surface area contributed by atoms with Gasteiger partial charge in [0.1, 0.15) is 5.54 Å². The fourth-order valence-corrected chi connectivity index (χ4v) is 2.42. The lowest BCUT2D eigenvalue weighted by atomic mass is 9.93. The Balaban J connectivity index is 2.06. The van der Waals surface area contributed by atoms with Gasteiger partial charge in [-0.1, -0.05) is 12.1 Å². The first kappa shape index (κ1) is 14.8. The quantitative estimate of drug-likeness (QED) is 0.894. The summed E-state index contributed by atoms with van der Waals surface area (Å²) in [7, 11) is 4.02. The van der Waals surface area contributed by atoms with Crippen molar-refractivity contribution in [3.05, 3.63) is 29.8 Å². The molecule has 1 aromatic carbocycles. The molecule has 4 nitrogen and oxygen atoms in total. The first-order chi connectivity index (χ1) is 9.55.